The van der Waals surface area contributed by atoms with Crippen LogP contribution in [0.25, 0.3) is 0 Å². The van der Waals surface area contributed by atoms with E-state index in [4.69, 9.17) is 9.47 Å². The van der Waals surface area contributed by atoms with E-state index in [-0.39, 0.29) is 6.04 Å². The fraction of sp³-hybridized carbons (Fsp3) is 0.692. The molecule has 1 heterocycles. The molecule has 0 aliphatic heterocycles. The van der Waals surface area contributed by atoms with Gasteiger partial charge in [-0.25, -0.2) is 4.98 Å². The fourth-order valence-electron chi connectivity index (χ4n) is 1.85. The van der Waals surface area contributed by atoms with Gasteiger partial charge in [0.1, 0.15) is 5.69 Å². The molecule has 0 aromatic carbocycles. The maximum absolute atomic E-state index is 5.36. The number of methoxy groups -OCH3 is 1. The second-order valence-corrected chi connectivity index (χ2v) is 3.90. The third kappa shape index (κ3) is 4.58. The summed E-state index contributed by atoms with van der Waals surface area (Å²) in [7, 11) is 1.62. The molecule has 18 heavy (non-hydrogen) atoms. The summed E-state index contributed by atoms with van der Waals surface area (Å²) < 4.78 is 10.6. The van der Waals surface area contributed by atoms with Crippen molar-refractivity contribution in [2.75, 3.05) is 26.9 Å². The summed E-state index contributed by atoms with van der Waals surface area (Å²) in [5, 5.41) is 3.41. The number of rotatable bonds is 9. The van der Waals surface area contributed by atoms with Gasteiger partial charge in [-0.05, 0) is 26.3 Å². The molecule has 5 heteroatoms. The van der Waals surface area contributed by atoms with Crippen LogP contribution < -0.4 is 10.1 Å². The van der Waals surface area contributed by atoms with E-state index in [1.807, 2.05) is 6.92 Å². The number of nitrogens with one attached hydrogen (secondary N) is 1. The Bertz CT molecular complexity index is 334. The summed E-state index contributed by atoms with van der Waals surface area (Å²) in [6, 6.07) is 0.166. The summed E-state index contributed by atoms with van der Waals surface area (Å²) >= 11 is 0. The molecule has 1 aromatic rings. The maximum atomic E-state index is 5.36. The van der Waals surface area contributed by atoms with Gasteiger partial charge in [0.2, 0.25) is 5.88 Å². The lowest BCUT2D eigenvalue weighted by Gasteiger charge is -2.18. The van der Waals surface area contributed by atoms with E-state index in [0.29, 0.717) is 5.88 Å². The highest BCUT2D eigenvalue weighted by Crippen LogP contribution is 2.23. The third-order valence-corrected chi connectivity index (χ3v) is 2.65. The lowest BCUT2D eigenvalue weighted by atomic mass is 10.1. The molecular formula is C13H23N3O2. The molecule has 0 aliphatic carbocycles. The zero-order valence-corrected chi connectivity index (χ0v) is 11.5. The van der Waals surface area contributed by atoms with E-state index in [1.54, 1.807) is 19.5 Å². The second kappa shape index (κ2) is 8.83. The number of ether oxygens (including phenoxy) is 2. The summed E-state index contributed by atoms with van der Waals surface area (Å²) in [5.41, 5.74) is 0.873. The zero-order valence-electron chi connectivity index (χ0n) is 11.5. The van der Waals surface area contributed by atoms with Crippen molar-refractivity contribution in [3.05, 3.63) is 18.1 Å². The molecule has 0 amide bonds. The largest absolute Gasteiger partial charge is 0.480 e. The maximum Gasteiger partial charge on any atom is 0.236 e. The molecule has 0 bridgehead atoms. The quantitative estimate of drug-likeness (QED) is 0.682. The molecule has 0 aliphatic rings. The van der Waals surface area contributed by atoms with Gasteiger partial charge >= 0.3 is 0 Å². The number of aromatic nitrogens is 2. The van der Waals surface area contributed by atoms with Crippen molar-refractivity contribution < 1.29 is 9.47 Å². The average Bonchev–Trinajstić information content (AvgIpc) is 2.42. The molecule has 0 radical (unpaired) electrons. The first kappa shape index (κ1) is 14.9. The average molecular weight is 253 g/mol. The Morgan fingerprint density at radius 3 is 2.72 bits per heavy atom. The number of hydrogen-bond acceptors (Lipinski definition) is 5. The highest BCUT2D eigenvalue weighted by atomic mass is 16.5. The molecule has 1 unspecified atom stereocenters. The summed E-state index contributed by atoms with van der Waals surface area (Å²) in [6.07, 6.45) is 5.30. The van der Waals surface area contributed by atoms with Gasteiger partial charge in [-0.2, -0.15) is 0 Å². The van der Waals surface area contributed by atoms with Crippen LogP contribution in [0.2, 0.25) is 0 Å². The van der Waals surface area contributed by atoms with Crippen LogP contribution in [0.3, 0.4) is 0 Å². The number of hydrogen-bond donors (Lipinski definition) is 1. The molecule has 1 aromatic heterocycles. The Balaban J connectivity index is 2.64. The van der Waals surface area contributed by atoms with Crippen LogP contribution in [0.15, 0.2) is 12.4 Å². The van der Waals surface area contributed by atoms with Crippen LogP contribution in [0.1, 0.15) is 38.4 Å². The van der Waals surface area contributed by atoms with Gasteiger partial charge in [-0.3, -0.25) is 4.98 Å². The first-order valence-corrected chi connectivity index (χ1v) is 6.49. The predicted octanol–water partition coefficient (Wildman–Crippen LogP) is 1.95. The Morgan fingerprint density at radius 2 is 2.06 bits per heavy atom. The Labute approximate surface area is 109 Å². The Kier molecular flexibility index (Phi) is 7.29. The van der Waals surface area contributed by atoms with Gasteiger partial charge in [0, 0.05) is 25.6 Å². The van der Waals surface area contributed by atoms with Gasteiger partial charge in [-0.15, -0.1) is 0 Å². The van der Waals surface area contributed by atoms with E-state index in [1.165, 1.54) is 0 Å². The van der Waals surface area contributed by atoms with Gasteiger partial charge in [-0.1, -0.05) is 6.92 Å². The van der Waals surface area contributed by atoms with Crippen molar-refractivity contribution >= 4 is 0 Å². The highest BCUT2D eigenvalue weighted by molar-refractivity contribution is 5.21. The molecule has 0 saturated heterocycles. The van der Waals surface area contributed by atoms with Crippen LogP contribution in [0.5, 0.6) is 5.88 Å². The summed E-state index contributed by atoms with van der Waals surface area (Å²) in [5.74, 6) is 0.597. The van der Waals surface area contributed by atoms with Crippen molar-refractivity contribution in [3.63, 3.8) is 0 Å². The Morgan fingerprint density at radius 1 is 1.28 bits per heavy atom. The molecule has 0 saturated carbocycles. The van der Waals surface area contributed by atoms with Crippen molar-refractivity contribution in [2.45, 2.75) is 32.7 Å². The topological polar surface area (TPSA) is 56.3 Å². The van der Waals surface area contributed by atoms with E-state index < -0.39 is 0 Å². The minimum Gasteiger partial charge on any atom is -0.480 e. The minimum absolute atomic E-state index is 0.166. The second-order valence-electron chi connectivity index (χ2n) is 3.90. The molecule has 0 spiro atoms. The molecule has 5 nitrogen and oxygen atoms in total. The van der Waals surface area contributed by atoms with Gasteiger partial charge < -0.3 is 14.8 Å². The molecule has 102 valence electrons. The van der Waals surface area contributed by atoms with Crippen molar-refractivity contribution in [1.82, 2.24) is 15.3 Å². The minimum atomic E-state index is 0.166. The van der Waals surface area contributed by atoms with Crippen LogP contribution in [-0.2, 0) is 4.74 Å². The highest BCUT2D eigenvalue weighted by Gasteiger charge is 2.17. The lowest BCUT2D eigenvalue weighted by Crippen LogP contribution is -2.23. The van der Waals surface area contributed by atoms with Gasteiger partial charge in [0.15, 0.2) is 0 Å². The number of nitrogens with zero attached hydrogens (tertiary/aromatic N) is 2. The third-order valence-electron chi connectivity index (χ3n) is 2.65. The van der Waals surface area contributed by atoms with E-state index in [0.717, 1.165) is 38.3 Å². The predicted molar refractivity (Wildman–Crippen MR) is 70.7 cm³/mol. The van der Waals surface area contributed by atoms with Crippen LogP contribution in [-0.4, -0.2) is 36.8 Å². The smallest absolute Gasteiger partial charge is 0.236 e. The lowest BCUT2D eigenvalue weighted by molar-refractivity contribution is 0.140. The molecule has 1 atom stereocenters. The first-order chi connectivity index (χ1) is 8.83. The standard InChI is InChI=1S/C13H23N3O2/c1-4-14-11(7-6-10-18-5-2)12-13(17-3)16-9-8-15-12/h8-9,11,14H,4-7,10H2,1-3H3. The van der Waals surface area contributed by atoms with Crippen LogP contribution in [0.4, 0.5) is 0 Å². The Hall–Kier alpha value is -1.20. The van der Waals surface area contributed by atoms with E-state index in [2.05, 4.69) is 22.2 Å². The van der Waals surface area contributed by atoms with Crippen LogP contribution in [0, 0.1) is 0 Å². The first-order valence-electron chi connectivity index (χ1n) is 6.49. The van der Waals surface area contributed by atoms with E-state index in [9.17, 15) is 0 Å². The molecule has 1 N–H and O–H groups in total. The van der Waals surface area contributed by atoms with Crippen LogP contribution >= 0.6 is 0 Å². The summed E-state index contributed by atoms with van der Waals surface area (Å²) in [4.78, 5) is 8.57. The summed E-state index contributed by atoms with van der Waals surface area (Å²) in [6.45, 7) is 6.52. The van der Waals surface area contributed by atoms with Crippen molar-refractivity contribution in [1.29, 1.82) is 0 Å². The zero-order chi connectivity index (χ0) is 13.2. The van der Waals surface area contributed by atoms with E-state index >= 15 is 0 Å². The molecule has 1 rings (SSSR count). The SMILES string of the molecule is CCNC(CCCOCC)c1nccnc1OC. The molecule has 0 fully saturated rings. The normalized spacial score (nSPS) is 12.4. The van der Waals surface area contributed by atoms with Crippen molar-refractivity contribution in [2.24, 2.45) is 0 Å². The monoisotopic (exact) mass is 253 g/mol. The van der Waals surface area contributed by atoms with Crippen molar-refractivity contribution in [3.8, 4) is 5.88 Å². The fourth-order valence-corrected chi connectivity index (χ4v) is 1.85. The van der Waals surface area contributed by atoms with Gasteiger partial charge in [0.25, 0.3) is 0 Å². The molecular weight excluding hydrogens is 230 g/mol. The van der Waals surface area contributed by atoms with Gasteiger partial charge in [0.05, 0.1) is 13.2 Å².